The summed E-state index contributed by atoms with van der Waals surface area (Å²) in [5.41, 5.74) is 6.95. The number of alkyl halides is 1. The molecule has 0 spiro atoms. The fourth-order valence-electron chi connectivity index (χ4n) is 4.83. The zero-order valence-corrected chi connectivity index (χ0v) is 22.4. The van der Waals surface area contributed by atoms with E-state index in [0.717, 1.165) is 0 Å². The summed E-state index contributed by atoms with van der Waals surface area (Å²) >= 11 is 0. The molecule has 0 unspecified atom stereocenters. The first-order valence-corrected chi connectivity index (χ1v) is 12.9. The monoisotopic (exact) mass is 547 g/mol. The highest BCUT2D eigenvalue weighted by molar-refractivity contribution is 5.99. The summed E-state index contributed by atoms with van der Waals surface area (Å²) in [5.74, 6) is 0.00914. The predicted octanol–water partition coefficient (Wildman–Crippen LogP) is 2.86. The highest BCUT2D eigenvalue weighted by atomic mass is 19.1. The third-order valence-electron chi connectivity index (χ3n) is 7.19. The molecule has 0 radical (unpaired) electrons. The van der Waals surface area contributed by atoms with E-state index in [2.05, 4.69) is 31.7 Å². The zero-order valence-electron chi connectivity index (χ0n) is 22.4. The third kappa shape index (κ3) is 5.43. The summed E-state index contributed by atoms with van der Waals surface area (Å²) < 4.78 is 22.3. The van der Waals surface area contributed by atoms with Gasteiger partial charge in [-0.05, 0) is 56.9 Å². The van der Waals surface area contributed by atoms with E-state index < -0.39 is 17.7 Å². The maximum absolute atomic E-state index is 15.3. The van der Waals surface area contributed by atoms with E-state index in [4.69, 9.17) is 10.2 Å². The lowest BCUT2D eigenvalue weighted by Gasteiger charge is -2.46. The summed E-state index contributed by atoms with van der Waals surface area (Å²) in [6.07, 6.45) is 2.62. The Bertz CT molecular complexity index is 1580. The lowest BCUT2D eigenvalue weighted by Crippen LogP contribution is -2.52. The van der Waals surface area contributed by atoms with Gasteiger partial charge in [0, 0.05) is 25.7 Å². The molecule has 4 heterocycles. The van der Waals surface area contributed by atoms with Crippen LogP contribution in [0.25, 0.3) is 16.9 Å². The lowest BCUT2D eigenvalue weighted by atomic mass is 9.78. The number of rotatable bonds is 10. The Hall–Kier alpha value is -4.57. The van der Waals surface area contributed by atoms with Gasteiger partial charge >= 0.3 is 6.01 Å². The van der Waals surface area contributed by atoms with E-state index in [1.165, 1.54) is 26.2 Å². The minimum Gasteiger partial charge on any atom is -0.408 e. The van der Waals surface area contributed by atoms with Gasteiger partial charge in [0.15, 0.2) is 0 Å². The van der Waals surface area contributed by atoms with E-state index in [-0.39, 0.29) is 24.1 Å². The van der Waals surface area contributed by atoms with Crippen LogP contribution in [0.4, 0.5) is 16.1 Å². The number of pyridine rings is 1. The molecule has 4 aromatic rings. The quantitative estimate of drug-likeness (QED) is 0.268. The first kappa shape index (κ1) is 27.0. The van der Waals surface area contributed by atoms with E-state index in [0.29, 0.717) is 59.4 Å². The van der Waals surface area contributed by atoms with Crippen LogP contribution in [0.1, 0.15) is 48.5 Å². The van der Waals surface area contributed by atoms with Crippen LogP contribution in [0.3, 0.4) is 0 Å². The Kier molecular flexibility index (Phi) is 7.12. The fourth-order valence-corrected chi connectivity index (χ4v) is 4.83. The number of hydrogen-bond donors (Lipinski definition) is 3. The van der Waals surface area contributed by atoms with Crippen LogP contribution in [0.5, 0.6) is 0 Å². The Labute approximate surface area is 229 Å². The van der Waals surface area contributed by atoms with E-state index >= 15 is 4.39 Å². The molecule has 1 amide bonds. The topological polar surface area (TPSA) is 171 Å². The van der Waals surface area contributed by atoms with Crippen LogP contribution in [0, 0.1) is 24.2 Å². The molecule has 0 aliphatic heterocycles. The van der Waals surface area contributed by atoms with Crippen molar-refractivity contribution in [3.8, 4) is 17.5 Å². The minimum absolute atomic E-state index is 0.120. The summed E-state index contributed by atoms with van der Waals surface area (Å²) in [6, 6.07) is 9.31. The maximum Gasteiger partial charge on any atom is 0.315 e. The van der Waals surface area contributed by atoms with Crippen molar-refractivity contribution in [1.29, 1.82) is 5.26 Å². The molecule has 1 fully saturated rings. The molecule has 5 rings (SSSR count). The highest BCUT2D eigenvalue weighted by Gasteiger charge is 2.39. The molecule has 1 saturated carbocycles. The number of nitrogens with one attached hydrogen (secondary N) is 1. The Morgan fingerprint density at radius 3 is 2.77 bits per heavy atom. The third-order valence-corrected chi connectivity index (χ3v) is 7.19. The minimum atomic E-state index is -1.61. The SMILES string of the molecule is Cc1nnc(NCC2CC(N(C[C@@H](F)C(C)(C)O)c3cc(-c4ccc5cc(C#N)cnn45)ncc3C(N)=O)C2)o1. The van der Waals surface area contributed by atoms with Crippen LogP contribution < -0.4 is 16.0 Å². The molecule has 40 heavy (non-hydrogen) atoms. The number of amides is 1. The predicted molar refractivity (Wildman–Crippen MR) is 144 cm³/mol. The van der Waals surface area contributed by atoms with Gasteiger partial charge < -0.3 is 25.5 Å². The lowest BCUT2D eigenvalue weighted by molar-refractivity contribution is -0.00127. The number of anilines is 2. The largest absolute Gasteiger partial charge is 0.408 e. The van der Waals surface area contributed by atoms with Gasteiger partial charge in [0.1, 0.15) is 12.2 Å². The molecule has 208 valence electrons. The molecule has 1 aliphatic carbocycles. The number of halogens is 1. The molecule has 4 aromatic heterocycles. The van der Waals surface area contributed by atoms with Crippen LogP contribution in [0.2, 0.25) is 0 Å². The molecule has 1 atom stereocenters. The van der Waals surface area contributed by atoms with Crippen molar-refractivity contribution >= 4 is 23.1 Å². The van der Waals surface area contributed by atoms with Crippen molar-refractivity contribution in [2.24, 2.45) is 11.7 Å². The van der Waals surface area contributed by atoms with Crippen LogP contribution >= 0.6 is 0 Å². The summed E-state index contributed by atoms with van der Waals surface area (Å²) in [5, 5.41) is 34.8. The average molecular weight is 548 g/mol. The number of aromatic nitrogens is 5. The molecule has 0 bridgehead atoms. The molecule has 13 heteroatoms. The number of carbonyl (C=O) groups is 1. The molecule has 1 aliphatic rings. The highest BCUT2D eigenvalue weighted by Crippen LogP contribution is 2.38. The van der Waals surface area contributed by atoms with E-state index in [1.807, 2.05) is 12.1 Å². The first-order chi connectivity index (χ1) is 19.0. The van der Waals surface area contributed by atoms with Gasteiger partial charge in [0.25, 0.3) is 5.91 Å². The Balaban J connectivity index is 1.46. The van der Waals surface area contributed by atoms with Gasteiger partial charge in [0.05, 0.1) is 52.1 Å². The molecule has 0 aromatic carbocycles. The molecular weight excluding hydrogens is 517 g/mol. The summed E-state index contributed by atoms with van der Waals surface area (Å²) in [7, 11) is 0. The van der Waals surface area contributed by atoms with Crippen molar-refractivity contribution < 1.29 is 18.7 Å². The smallest absolute Gasteiger partial charge is 0.315 e. The van der Waals surface area contributed by atoms with Crippen molar-refractivity contribution in [2.45, 2.75) is 51.4 Å². The van der Waals surface area contributed by atoms with Crippen LogP contribution in [-0.4, -0.2) is 66.7 Å². The fraction of sp³-hybridized carbons (Fsp3) is 0.407. The van der Waals surface area contributed by atoms with Crippen molar-refractivity contribution in [3.63, 3.8) is 0 Å². The molecule has 4 N–H and O–H groups in total. The van der Waals surface area contributed by atoms with Crippen molar-refractivity contribution in [3.05, 3.63) is 53.7 Å². The second kappa shape index (κ2) is 10.5. The van der Waals surface area contributed by atoms with Gasteiger partial charge in [-0.3, -0.25) is 9.78 Å². The maximum atomic E-state index is 15.3. The van der Waals surface area contributed by atoms with Crippen molar-refractivity contribution in [1.82, 2.24) is 24.8 Å². The van der Waals surface area contributed by atoms with Gasteiger partial charge in [-0.1, -0.05) is 5.10 Å². The number of carbonyl (C=O) groups excluding carboxylic acids is 1. The summed E-state index contributed by atoms with van der Waals surface area (Å²) in [4.78, 5) is 18.7. The number of nitrogens with zero attached hydrogens (tertiary/aromatic N) is 7. The Morgan fingerprint density at radius 2 is 2.12 bits per heavy atom. The van der Waals surface area contributed by atoms with Crippen molar-refractivity contribution in [2.75, 3.05) is 23.3 Å². The normalized spacial score (nSPS) is 17.7. The van der Waals surface area contributed by atoms with E-state index in [1.54, 1.807) is 28.5 Å². The summed E-state index contributed by atoms with van der Waals surface area (Å²) in [6.45, 7) is 4.97. The second-order valence-electron chi connectivity index (χ2n) is 10.6. The van der Waals surface area contributed by atoms with Gasteiger partial charge in [-0.2, -0.15) is 10.4 Å². The van der Waals surface area contributed by atoms with E-state index in [9.17, 15) is 15.2 Å². The zero-order chi connectivity index (χ0) is 28.6. The molecule has 12 nitrogen and oxygen atoms in total. The number of hydrogen-bond acceptors (Lipinski definition) is 10. The Morgan fingerprint density at radius 1 is 1.35 bits per heavy atom. The molecule has 0 saturated heterocycles. The number of primary amides is 1. The number of fused-ring (bicyclic) bond motifs is 1. The number of aryl methyl sites for hydroxylation is 1. The van der Waals surface area contributed by atoms with Gasteiger partial charge in [0.2, 0.25) is 5.89 Å². The standard InChI is InChI=1S/C27H30FN9O3/c1-15-34-35-26(40-15)32-11-16-6-19(7-16)36(14-24(28)27(2,3)39)23-9-21(31-13-20(23)25(30)38)22-5-4-18-8-17(10-29)12-33-37(18)22/h4-5,8-9,12-13,16,19,24,39H,6-7,11,14H2,1-3H3,(H2,30,38)(H,32,35)/t16?,19?,24-/m1/s1. The number of nitrogens with two attached hydrogens (primary N) is 1. The van der Waals surface area contributed by atoms with Gasteiger partial charge in [-0.15, -0.1) is 5.10 Å². The average Bonchev–Trinajstić information content (AvgIpc) is 3.51. The van der Waals surface area contributed by atoms with Crippen LogP contribution in [-0.2, 0) is 0 Å². The van der Waals surface area contributed by atoms with Crippen LogP contribution in [0.15, 0.2) is 41.1 Å². The second-order valence-corrected chi connectivity index (χ2v) is 10.6. The number of nitriles is 1. The molecular formula is C27H30FN9O3. The van der Waals surface area contributed by atoms with Gasteiger partial charge in [-0.25, -0.2) is 8.91 Å². The number of aliphatic hydroxyl groups is 1. The first-order valence-electron chi connectivity index (χ1n) is 12.9.